The van der Waals surface area contributed by atoms with E-state index in [1.165, 1.54) is 56.8 Å². The summed E-state index contributed by atoms with van der Waals surface area (Å²) in [6.45, 7) is 9.60. The van der Waals surface area contributed by atoms with Crippen LogP contribution in [0.2, 0.25) is 0 Å². The lowest BCUT2D eigenvalue weighted by molar-refractivity contribution is 0.885. The Morgan fingerprint density at radius 2 is 0.933 bits per heavy atom. The van der Waals surface area contributed by atoms with Gasteiger partial charge < -0.3 is 0 Å². The van der Waals surface area contributed by atoms with Crippen LogP contribution in [0, 0.1) is 0 Å². The van der Waals surface area contributed by atoms with Crippen LogP contribution in [0.4, 0.5) is 0 Å². The van der Waals surface area contributed by atoms with Crippen molar-refractivity contribution in [2.75, 3.05) is 38.0 Å². The first kappa shape index (κ1) is 15.9. The minimum absolute atomic E-state index is 0.380. The molecule has 0 rings (SSSR count). The summed E-state index contributed by atoms with van der Waals surface area (Å²) in [6, 6.07) is 0. The Kier molecular flexibility index (Phi) is 12.0. The molecule has 15 heavy (non-hydrogen) atoms. The highest BCUT2D eigenvalue weighted by molar-refractivity contribution is 7.57. The second-order valence-electron chi connectivity index (χ2n) is 4.67. The zero-order valence-corrected chi connectivity index (χ0v) is 13.0. The summed E-state index contributed by atoms with van der Waals surface area (Å²) in [5.74, 6) is 0. The molecule has 0 aromatic carbocycles. The highest BCUT2D eigenvalue weighted by Crippen LogP contribution is 2.37. The summed E-state index contributed by atoms with van der Waals surface area (Å²) in [6.07, 6.45) is 13.3. The molecule has 92 valence electrons. The zero-order chi connectivity index (χ0) is 11.5. The van der Waals surface area contributed by atoms with Crippen molar-refractivity contribution in [2.24, 2.45) is 0 Å². The maximum Gasteiger partial charge on any atom is -0.0325 e. The predicted molar refractivity (Wildman–Crippen MR) is 79.6 cm³/mol. The monoisotopic (exact) mass is 248 g/mol. The summed E-state index contributed by atoms with van der Waals surface area (Å²) in [4.78, 5) is 0. The van der Waals surface area contributed by atoms with Gasteiger partial charge in [-0.2, -0.15) is 0 Å². The first-order valence-corrected chi connectivity index (χ1v) is 10.9. The van der Waals surface area contributed by atoms with Crippen molar-refractivity contribution in [1.29, 1.82) is 0 Å². The van der Waals surface area contributed by atoms with E-state index in [-0.39, 0.29) is 0 Å². The summed E-state index contributed by atoms with van der Waals surface area (Å²) in [5.41, 5.74) is 0. The van der Waals surface area contributed by atoms with E-state index in [4.69, 9.17) is 0 Å². The number of rotatable bonds is 10. The van der Waals surface area contributed by atoms with Crippen LogP contribution in [0.3, 0.4) is 0 Å². The van der Waals surface area contributed by atoms with Crippen molar-refractivity contribution >= 4 is 15.8 Å². The van der Waals surface area contributed by atoms with Crippen molar-refractivity contribution in [1.82, 2.24) is 0 Å². The fourth-order valence-electron chi connectivity index (χ4n) is 1.69. The summed E-state index contributed by atoms with van der Waals surface area (Å²) in [7, 11) is 0.761. The topological polar surface area (TPSA) is 0 Å². The molecule has 0 saturated heterocycles. The number of hydrogen-bond donors (Lipinski definition) is 0. The third kappa shape index (κ3) is 11.1. The van der Waals surface area contributed by atoms with E-state index in [0.717, 1.165) is 0 Å². The average molecular weight is 248 g/mol. The highest BCUT2D eigenvalue weighted by atomic mass is 31.1. The molecule has 0 bridgehead atoms. The molecular formula is C13H30P2. The zero-order valence-electron chi connectivity index (χ0n) is 11.3. The largest absolute Gasteiger partial charge is 0.110 e. The molecule has 0 spiro atoms. The lowest BCUT2D eigenvalue weighted by Gasteiger charge is -2.14. The number of hydrogen-bond acceptors (Lipinski definition) is 0. The van der Waals surface area contributed by atoms with Gasteiger partial charge in [0.15, 0.2) is 0 Å². The highest BCUT2D eigenvalue weighted by Gasteiger charge is 2.03. The van der Waals surface area contributed by atoms with E-state index in [9.17, 15) is 0 Å². The Hall–Kier alpha value is 0.860. The van der Waals surface area contributed by atoms with E-state index in [2.05, 4.69) is 27.2 Å². The van der Waals surface area contributed by atoms with Crippen LogP contribution in [-0.2, 0) is 0 Å². The fraction of sp³-hybridized carbons (Fsp3) is 1.00. The minimum Gasteiger partial charge on any atom is -0.110 e. The molecular weight excluding hydrogens is 218 g/mol. The molecule has 0 N–H and O–H groups in total. The van der Waals surface area contributed by atoms with Crippen molar-refractivity contribution in [3.8, 4) is 0 Å². The van der Waals surface area contributed by atoms with E-state index in [1.54, 1.807) is 0 Å². The Morgan fingerprint density at radius 3 is 1.27 bits per heavy atom. The minimum atomic E-state index is 0.380. The maximum absolute atomic E-state index is 2.50. The van der Waals surface area contributed by atoms with Crippen LogP contribution in [0.15, 0.2) is 0 Å². The van der Waals surface area contributed by atoms with Gasteiger partial charge >= 0.3 is 0 Å². The smallest absolute Gasteiger partial charge is 0.0325 e. The second-order valence-corrected chi connectivity index (χ2v) is 9.88. The predicted octanol–water partition coefficient (Wildman–Crippen LogP) is 5.20. The molecule has 0 aromatic rings. The van der Waals surface area contributed by atoms with Gasteiger partial charge in [-0.15, -0.1) is 15.8 Å². The number of unbranched alkanes of at least 4 members (excludes halogenated alkanes) is 2. The Morgan fingerprint density at radius 1 is 0.600 bits per heavy atom. The van der Waals surface area contributed by atoms with Gasteiger partial charge in [-0.05, 0) is 57.2 Å². The van der Waals surface area contributed by atoms with Gasteiger partial charge in [0.25, 0.3) is 0 Å². The van der Waals surface area contributed by atoms with Crippen LogP contribution in [0.25, 0.3) is 0 Å². The third-order valence-electron chi connectivity index (χ3n) is 2.87. The van der Waals surface area contributed by atoms with Crippen molar-refractivity contribution in [3.05, 3.63) is 0 Å². The Balaban J connectivity index is 3.27. The van der Waals surface area contributed by atoms with Gasteiger partial charge in [-0.1, -0.05) is 26.7 Å². The van der Waals surface area contributed by atoms with Crippen molar-refractivity contribution < 1.29 is 0 Å². The average Bonchev–Trinajstić information content (AvgIpc) is 2.23. The molecule has 0 aliphatic heterocycles. The quantitative estimate of drug-likeness (QED) is 0.466. The van der Waals surface area contributed by atoms with Crippen LogP contribution >= 0.6 is 15.8 Å². The molecule has 0 fully saturated rings. The summed E-state index contributed by atoms with van der Waals surface area (Å²) >= 11 is 0. The van der Waals surface area contributed by atoms with Crippen molar-refractivity contribution in [2.45, 2.75) is 46.0 Å². The molecule has 0 radical (unpaired) electrons. The molecule has 0 aliphatic carbocycles. The van der Waals surface area contributed by atoms with Crippen LogP contribution in [0.5, 0.6) is 0 Å². The lowest BCUT2D eigenvalue weighted by atomic mass is 10.4. The van der Waals surface area contributed by atoms with Crippen LogP contribution in [0.1, 0.15) is 46.0 Å². The molecule has 2 unspecified atom stereocenters. The molecule has 0 aliphatic rings. The molecule has 0 saturated carbocycles. The van der Waals surface area contributed by atoms with Gasteiger partial charge in [-0.25, -0.2) is 0 Å². The maximum atomic E-state index is 2.50. The van der Waals surface area contributed by atoms with Gasteiger partial charge in [0.05, 0.1) is 0 Å². The van der Waals surface area contributed by atoms with E-state index >= 15 is 0 Å². The first-order valence-electron chi connectivity index (χ1n) is 6.57. The van der Waals surface area contributed by atoms with Gasteiger partial charge in [0.1, 0.15) is 0 Å². The molecule has 2 heteroatoms. The van der Waals surface area contributed by atoms with E-state index in [0.29, 0.717) is 15.8 Å². The lowest BCUT2D eigenvalue weighted by Crippen LogP contribution is -1.94. The second kappa shape index (κ2) is 11.3. The Bertz CT molecular complexity index is 112. The third-order valence-corrected chi connectivity index (χ3v) is 7.19. The first-order chi connectivity index (χ1) is 7.20. The van der Waals surface area contributed by atoms with Crippen molar-refractivity contribution in [3.63, 3.8) is 0 Å². The molecule has 0 heterocycles. The normalized spacial score (nSPS) is 15.2. The van der Waals surface area contributed by atoms with E-state index in [1.807, 2.05) is 0 Å². The standard InChI is InChI=1S/C13H30P2/c1-5-7-10-14(3)12-9-13-15(4)11-8-6-2/h5-13H2,1-4H3. The van der Waals surface area contributed by atoms with Gasteiger partial charge in [0, 0.05) is 0 Å². The SMILES string of the molecule is CCCCP(C)CCCP(C)CCCC. The Labute approximate surface area is 100 Å². The molecule has 2 atom stereocenters. The van der Waals surface area contributed by atoms with E-state index < -0.39 is 0 Å². The van der Waals surface area contributed by atoms with Gasteiger partial charge in [0.2, 0.25) is 0 Å². The molecule has 0 amide bonds. The van der Waals surface area contributed by atoms with Crippen LogP contribution in [-0.4, -0.2) is 38.0 Å². The summed E-state index contributed by atoms with van der Waals surface area (Å²) in [5, 5.41) is 0. The van der Waals surface area contributed by atoms with Crippen LogP contribution < -0.4 is 0 Å². The summed E-state index contributed by atoms with van der Waals surface area (Å²) < 4.78 is 0. The fourth-order valence-corrected chi connectivity index (χ4v) is 5.49. The molecule has 0 aromatic heterocycles. The van der Waals surface area contributed by atoms with Gasteiger partial charge in [-0.3, -0.25) is 0 Å². The molecule has 0 nitrogen and oxygen atoms in total.